The SMILES string of the molecule is Nc1cn[nH]c1C(=O)N(Cc1ccncc1)C1CC1. The van der Waals surface area contributed by atoms with Crippen LogP contribution in [0.1, 0.15) is 28.9 Å². The topological polar surface area (TPSA) is 87.9 Å². The van der Waals surface area contributed by atoms with Gasteiger partial charge in [-0.25, -0.2) is 0 Å². The quantitative estimate of drug-likeness (QED) is 0.861. The molecule has 1 amide bonds. The Kier molecular flexibility index (Phi) is 2.91. The largest absolute Gasteiger partial charge is 0.396 e. The van der Waals surface area contributed by atoms with Gasteiger partial charge in [0.05, 0.1) is 11.9 Å². The predicted molar refractivity (Wildman–Crippen MR) is 70.1 cm³/mol. The first-order chi connectivity index (χ1) is 9.25. The molecule has 6 nitrogen and oxygen atoms in total. The van der Waals surface area contributed by atoms with Crippen LogP contribution in [0.3, 0.4) is 0 Å². The summed E-state index contributed by atoms with van der Waals surface area (Å²) in [4.78, 5) is 18.3. The summed E-state index contributed by atoms with van der Waals surface area (Å²) in [7, 11) is 0. The van der Waals surface area contributed by atoms with Crippen molar-refractivity contribution in [1.82, 2.24) is 20.1 Å². The molecular weight excluding hydrogens is 242 g/mol. The average molecular weight is 257 g/mol. The molecule has 98 valence electrons. The lowest BCUT2D eigenvalue weighted by Crippen LogP contribution is -2.33. The van der Waals surface area contributed by atoms with E-state index in [1.54, 1.807) is 12.4 Å². The van der Waals surface area contributed by atoms with Crippen LogP contribution in [-0.4, -0.2) is 32.0 Å². The maximum atomic E-state index is 12.5. The van der Waals surface area contributed by atoms with E-state index in [1.807, 2.05) is 17.0 Å². The van der Waals surface area contributed by atoms with E-state index in [1.165, 1.54) is 6.20 Å². The number of aromatic amines is 1. The number of aromatic nitrogens is 3. The number of carbonyl (C=O) groups is 1. The van der Waals surface area contributed by atoms with Crippen molar-refractivity contribution >= 4 is 11.6 Å². The van der Waals surface area contributed by atoms with Gasteiger partial charge in [0, 0.05) is 25.0 Å². The Bertz CT molecular complexity index is 576. The first-order valence-corrected chi connectivity index (χ1v) is 6.24. The van der Waals surface area contributed by atoms with Gasteiger partial charge in [0.25, 0.3) is 5.91 Å². The van der Waals surface area contributed by atoms with E-state index in [9.17, 15) is 4.79 Å². The minimum Gasteiger partial charge on any atom is -0.396 e. The number of hydrogen-bond acceptors (Lipinski definition) is 4. The number of nitrogens with two attached hydrogens (primary N) is 1. The highest BCUT2D eigenvalue weighted by molar-refractivity contribution is 5.97. The van der Waals surface area contributed by atoms with Gasteiger partial charge in [-0.3, -0.25) is 14.9 Å². The van der Waals surface area contributed by atoms with E-state index in [0.29, 0.717) is 24.0 Å². The Balaban J connectivity index is 1.82. The summed E-state index contributed by atoms with van der Waals surface area (Å²) < 4.78 is 0. The monoisotopic (exact) mass is 257 g/mol. The van der Waals surface area contributed by atoms with Crippen LogP contribution in [0.5, 0.6) is 0 Å². The lowest BCUT2D eigenvalue weighted by Gasteiger charge is -2.22. The zero-order valence-electron chi connectivity index (χ0n) is 10.4. The minimum absolute atomic E-state index is 0.0886. The molecule has 1 fully saturated rings. The summed E-state index contributed by atoms with van der Waals surface area (Å²) in [6, 6.07) is 4.14. The molecule has 2 heterocycles. The zero-order valence-corrected chi connectivity index (χ0v) is 10.4. The molecule has 0 unspecified atom stereocenters. The van der Waals surface area contributed by atoms with Crippen LogP contribution in [0.15, 0.2) is 30.7 Å². The lowest BCUT2D eigenvalue weighted by atomic mass is 10.2. The smallest absolute Gasteiger partial charge is 0.274 e. The lowest BCUT2D eigenvalue weighted by molar-refractivity contribution is 0.0725. The van der Waals surface area contributed by atoms with E-state index in [0.717, 1.165) is 18.4 Å². The summed E-state index contributed by atoms with van der Waals surface area (Å²) in [6.45, 7) is 0.574. The summed E-state index contributed by atoms with van der Waals surface area (Å²) in [5.74, 6) is -0.0886. The normalized spacial score (nSPS) is 14.3. The molecule has 19 heavy (non-hydrogen) atoms. The van der Waals surface area contributed by atoms with Crippen LogP contribution in [0.2, 0.25) is 0 Å². The third kappa shape index (κ3) is 2.42. The number of pyridine rings is 1. The Labute approximate surface area is 110 Å². The molecule has 3 rings (SSSR count). The highest BCUT2D eigenvalue weighted by Gasteiger charge is 2.34. The van der Waals surface area contributed by atoms with Crippen LogP contribution in [0, 0.1) is 0 Å². The molecule has 1 aliphatic carbocycles. The Morgan fingerprint density at radius 1 is 1.42 bits per heavy atom. The first kappa shape index (κ1) is 11.7. The van der Waals surface area contributed by atoms with Crippen molar-refractivity contribution in [3.8, 4) is 0 Å². The molecule has 0 aromatic carbocycles. The molecule has 1 saturated carbocycles. The minimum atomic E-state index is -0.0886. The number of nitrogen functional groups attached to an aromatic ring is 1. The van der Waals surface area contributed by atoms with E-state index in [2.05, 4.69) is 15.2 Å². The van der Waals surface area contributed by atoms with Crippen molar-refractivity contribution in [3.05, 3.63) is 42.0 Å². The number of anilines is 1. The second-order valence-corrected chi connectivity index (χ2v) is 4.72. The standard InChI is InChI=1S/C13H15N5O/c14-11-7-16-17-12(11)13(19)18(10-1-2-10)8-9-3-5-15-6-4-9/h3-7,10H,1-2,8,14H2,(H,16,17). The van der Waals surface area contributed by atoms with Gasteiger partial charge in [-0.1, -0.05) is 0 Å². The van der Waals surface area contributed by atoms with Gasteiger partial charge >= 0.3 is 0 Å². The van der Waals surface area contributed by atoms with Crippen molar-refractivity contribution in [2.75, 3.05) is 5.73 Å². The molecule has 3 N–H and O–H groups in total. The van der Waals surface area contributed by atoms with Crippen molar-refractivity contribution < 1.29 is 4.79 Å². The number of H-pyrrole nitrogens is 1. The molecule has 0 aliphatic heterocycles. The van der Waals surface area contributed by atoms with Gasteiger partial charge in [0.1, 0.15) is 5.69 Å². The summed E-state index contributed by atoms with van der Waals surface area (Å²) >= 11 is 0. The number of rotatable bonds is 4. The molecule has 0 bridgehead atoms. The van der Waals surface area contributed by atoms with Crippen LogP contribution in [0.25, 0.3) is 0 Å². The average Bonchev–Trinajstić information content (AvgIpc) is 3.18. The van der Waals surface area contributed by atoms with E-state index in [-0.39, 0.29) is 5.91 Å². The number of carbonyl (C=O) groups excluding carboxylic acids is 1. The fourth-order valence-electron chi connectivity index (χ4n) is 2.05. The predicted octanol–water partition coefficient (Wildman–Crippen LogP) is 1.19. The molecular formula is C13H15N5O. The fourth-order valence-corrected chi connectivity index (χ4v) is 2.05. The van der Waals surface area contributed by atoms with Gasteiger partial charge in [-0.05, 0) is 30.5 Å². The number of hydrogen-bond donors (Lipinski definition) is 2. The van der Waals surface area contributed by atoms with Gasteiger partial charge in [0.15, 0.2) is 0 Å². The van der Waals surface area contributed by atoms with E-state index < -0.39 is 0 Å². The summed E-state index contributed by atoms with van der Waals surface area (Å²) in [5.41, 5.74) is 7.57. The van der Waals surface area contributed by atoms with Gasteiger partial charge < -0.3 is 10.6 Å². The number of amides is 1. The van der Waals surface area contributed by atoms with Crippen molar-refractivity contribution in [2.45, 2.75) is 25.4 Å². The molecule has 2 aromatic heterocycles. The molecule has 6 heteroatoms. The molecule has 2 aromatic rings. The molecule has 0 radical (unpaired) electrons. The van der Waals surface area contributed by atoms with Gasteiger partial charge in [0.2, 0.25) is 0 Å². The second kappa shape index (κ2) is 4.72. The van der Waals surface area contributed by atoms with Crippen LogP contribution in [0.4, 0.5) is 5.69 Å². The third-order valence-electron chi connectivity index (χ3n) is 3.23. The zero-order chi connectivity index (χ0) is 13.2. The van der Waals surface area contributed by atoms with E-state index >= 15 is 0 Å². The van der Waals surface area contributed by atoms with Crippen LogP contribution in [-0.2, 0) is 6.54 Å². The third-order valence-corrected chi connectivity index (χ3v) is 3.23. The van der Waals surface area contributed by atoms with Crippen LogP contribution < -0.4 is 5.73 Å². The Hall–Kier alpha value is -2.37. The Morgan fingerprint density at radius 3 is 2.74 bits per heavy atom. The maximum absolute atomic E-state index is 12.5. The highest BCUT2D eigenvalue weighted by Crippen LogP contribution is 2.30. The highest BCUT2D eigenvalue weighted by atomic mass is 16.2. The summed E-state index contributed by atoms with van der Waals surface area (Å²) in [5, 5.41) is 6.48. The Morgan fingerprint density at radius 2 is 2.16 bits per heavy atom. The molecule has 0 spiro atoms. The second-order valence-electron chi connectivity index (χ2n) is 4.72. The maximum Gasteiger partial charge on any atom is 0.274 e. The molecule has 0 saturated heterocycles. The number of nitrogens with zero attached hydrogens (tertiary/aromatic N) is 3. The van der Waals surface area contributed by atoms with Crippen molar-refractivity contribution in [2.24, 2.45) is 0 Å². The van der Waals surface area contributed by atoms with Crippen LogP contribution >= 0.6 is 0 Å². The van der Waals surface area contributed by atoms with Gasteiger partial charge in [-0.2, -0.15) is 5.10 Å². The first-order valence-electron chi connectivity index (χ1n) is 6.24. The fraction of sp³-hybridized carbons (Fsp3) is 0.308. The molecule has 1 aliphatic rings. The summed E-state index contributed by atoms with van der Waals surface area (Å²) in [6.07, 6.45) is 7.02. The van der Waals surface area contributed by atoms with E-state index in [4.69, 9.17) is 5.73 Å². The number of nitrogens with one attached hydrogen (secondary N) is 1. The molecule has 0 atom stereocenters. The van der Waals surface area contributed by atoms with Crippen molar-refractivity contribution in [3.63, 3.8) is 0 Å². The van der Waals surface area contributed by atoms with Gasteiger partial charge in [-0.15, -0.1) is 0 Å². The van der Waals surface area contributed by atoms with Crippen molar-refractivity contribution in [1.29, 1.82) is 0 Å².